The molecule has 38 heteroatoms. The molecule has 2 unspecified atom stereocenters. The second kappa shape index (κ2) is 37.4. The number of methoxy groups -OCH3 is 4. The summed E-state index contributed by atoms with van der Waals surface area (Å²) in [5.74, 6) is -3.15. The topological polar surface area (TPSA) is 485 Å². The summed E-state index contributed by atoms with van der Waals surface area (Å²) in [6.07, 6.45) is 8.90. The van der Waals surface area contributed by atoms with E-state index in [9.17, 15) is 53.8 Å². The first-order valence-corrected chi connectivity index (χ1v) is 51.3. The van der Waals surface area contributed by atoms with Crippen LogP contribution in [0.4, 0.5) is 16.2 Å². The number of anilines is 2. The molecule has 738 valence electrons. The molecule has 20 atom stereocenters. The normalized spacial score (nSPS) is 33.7. The molecule has 18 rings (SSSR count). The number of nitrogens with one attached hydrogen (secondary N) is 3. The molecule has 12 aliphatic rings. The molecule has 10 aliphatic heterocycles. The number of benzene rings is 4. The van der Waals surface area contributed by atoms with Crippen LogP contribution in [0.15, 0.2) is 102 Å². The van der Waals surface area contributed by atoms with Gasteiger partial charge in [0.2, 0.25) is 11.5 Å². The number of aromatic amines is 2. The van der Waals surface area contributed by atoms with E-state index in [0.29, 0.717) is 157 Å². The molecule has 6 aromatic rings. The van der Waals surface area contributed by atoms with Gasteiger partial charge in [-0.3, -0.25) is 52.7 Å². The fourth-order valence-electron chi connectivity index (χ4n) is 27.9. The van der Waals surface area contributed by atoms with Crippen molar-refractivity contribution in [3.63, 3.8) is 0 Å². The molecule has 12 N–H and O–H groups in total. The monoisotopic (exact) mass is 1920 g/mol. The fraction of sp³-hybridized carbons (Fsp3) is 0.612. The van der Waals surface area contributed by atoms with Crippen molar-refractivity contribution >= 4 is 84.1 Å². The minimum Gasteiger partial charge on any atom is -0.496 e. The lowest BCUT2D eigenvalue weighted by molar-refractivity contribution is -0.201. The largest absolute Gasteiger partial charge is 0.496 e. The smallest absolute Gasteiger partial charge is 0.408 e. The summed E-state index contributed by atoms with van der Waals surface area (Å²) in [4.78, 5) is 107. The van der Waals surface area contributed by atoms with Gasteiger partial charge in [-0.1, -0.05) is 88.4 Å². The maximum Gasteiger partial charge on any atom is 0.408 e. The van der Waals surface area contributed by atoms with Gasteiger partial charge >= 0.3 is 33.2 Å². The van der Waals surface area contributed by atoms with Gasteiger partial charge in [0.05, 0.1) is 78.2 Å². The minimum atomic E-state index is -3.76. The van der Waals surface area contributed by atoms with Crippen molar-refractivity contribution in [2.45, 2.75) is 213 Å². The van der Waals surface area contributed by atoms with Crippen LogP contribution in [0.3, 0.4) is 0 Å². The highest BCUT2D eigenvalue weighted by Crippen LogP contribution is 2.71. The lowest BCUT2D eigenvalue weighted by Crippen LogP contribution is -2.82. The number of nitrogens with two attached hydrogens (primary N) is 2. The molecule has 2 spiro atoms. The summed E-state index contributed by atoms with van der Waals surface area (Å²) < 4.78 is 76.4. The van der Waals surface area contributed by atoms with Crippen molar-refractivity contribution < 1.29 is 105 Å². The van der Waals surface area contributed by atoms with Crippen LogP contribution in [0.5, 0.6) is 11.5 Å². The third-order valence-corrected chi connectivity index (χ3v) is 36.7. The second-order valence-corrected chi connectivity index (χ2v) is 43.4. The van der Waals surface area contributed by atoms with Crippen LogP contribution in [0, 0.1) is 22.7 Å². The molecule has 0 radical (unpaired) electrons. The summed E-state index contributed by atoms with van der Waals surface area (Å²) in [7, 11) is 2.49. The molecule has 4 aromatic carbocycles. The van der Waals surface area contributed by atoms with Crippen molar-refractivity contribution in [3.05, 3.63) is 152 Å². The Morgan fingerprint density at radius 1 is 0.559 bits per heavy atom. The quantitative estimate of drug-likeness (QED) is 0.00485. The molecule has 2 aliphatic carbocycles. The average molecular weight is 1920 g/mol. The Labute approximate surface area is 792 Å². The average Bonchev–Trinajstić information content (AvgIpc) is 1.48. The molecule has 36 nitrogen and oxygen atoms in total. The highest BCUT2D eigenvalue weighted by Gasteiger charge is 2.82. The number of alkyl carbamates (subject to hydrolysis) is 1. The van der Waals surface area contributed by atoms with E-state index < -0.39 is 149 Å². The SMILES string of the molecule is CCOP(=O)(CC(=O)N=[N+]=[N-])OCC.CCOP(=O)(CNC(=O)O[C@@H]1[C@]2(CC)C=CCN3CC[C@@]4(c5cc([C@@]6(C(=O)OC)C[C@H]7CN(CCc8c6[nH]c6ccccc86)C[C@](O)(CC)C7)c(OC)cc5N(C)[C@H]4[C@@]1(O)C(N)=O)[C@@H]32)OCC.CC[C@]1(O)C[C@@H]2CN(CCc3c([nH]c4ccccc34)[C@@](C(=O)OC)(c3cc4c(cc3OC)N(C)[C@H]3[C@@](O)(C(N)=O)[C@H](O)[C@]5(CC)C=CCN6CC[C@]43[C@@H]65)C2)C1. The number of H-pyrrole nitrogens is 2. The number of azide groups is 1. The van der Waals surface area contributed by atoms with Gasteiger partial charge in [-0.05, 0) is 187 Å². The van der Waals surface area contributed by atoms with E-state index in [1.54, 1.807) is 49.0 Å². The number of rotatable bonds is 25. The van der Waals surface area contributed by atoms with E-state index in [1.807, 2.05) is 117 Å². The summed E-state index contributed by atoms with van der Waals surface area (Å²) in [5.41, 5.74) is 16.5. The number of para-hydroxylation sites is 2. The molecule has 136 heavy (non-hydrogen) atoms. The summed E-state index contributed by atoms with van der Waals surface area (Å²) in [5, 5.41) is 69.8. The minimum absolute atomic E-state index is 0.0769. The van der Waals surface area contributed by atoms with Gasteiger partial charge in [-0.25, -0.2) is 4.79 Å². The van der Waals surface area contributed by atoms with E-state index in [1.165, 1.54) is 14.2 Å². The number of fused-ring (bicyclic) bond motifs is 12. The third kappa shape index (κ3) is 15.3. The molecule has 4 saturated heterocycles. The Morgan fingerprint density at radius 3 is 1.40 bits per heavy atom. The second-order valence-electron chi connectivity index (χ2n) is 39.3. The highest BCUT2D eigenvalue weighted by molar-refractivity contribution is 7.55. The fourth-order valence-corrected chi connectivity index (χ4v) is 30.7. The summed E-state index contributed by atoms with van der Waals surface area (Å²) >= 11 is 0. The number of primary amides is 2. The lowest BCUT2D eigenvalue weighted by Gasteiger charge is -2.63. The van der Waals surface area contributed by atoms with Crippen LogP contribution in [0.2, 0.25) is 0 Å². The van der Waals surface area contributed by atoms with Gasteiger partial charge in [0.25, 0.3) is 11.8 Å². The first-order valence-electron chi connectivity index (χ1n) is 47.9. The van der Waals surface area contributed by atoms with E-state index in [2.05, 4.69) is 69.2 Å². The maximum atomic E-state index is 15.4. The summed E-state index contributed by atoms with van der Waals surface area (Å²) in [6.45, 7) is 21.4. The number of piperidine rings is 2. The van der Waals surface area contributed by atoms with E-state index in [0.717, 1.165) is 68.5 Å². The molecule has 12 heterocycles. The van der Waals surface area contributed by atoms with Crippen LogP contribution in [0.25, 0.3) is 32.2 Å². The van der Waals surface area contributed by atoms with Crippen molar-refractivity contribution in [3.8, 4) is 11.5 Å². The van der Waals surface area contributed by atoms with Crippen LogP contribution in [0.1, 0.15) is 164 Å². The number of esters is 2. The number of nitrogens with zero attached hydrogens (tertiary/aromatic N) is 9. The third-order valence-electron chi connectivity index (χ3n) is 32.9. The molecule has 2 aromatic heterocycles. The molecule has 4 amide bonds. The Morgan fingerprint density at radius 2 is 0.985 bits per heavy atom. The van der Waals surface area contributed by atoms with Gasteiger partial charge < -0.3 is 104 Å². The lowest BCUT2D eigenvalue weighted by atomic mass is 9.47. The molecule has 6 fully saturated rings. The molecule has 4 bridgehead atoms. The predicted molar refractivity (Wildman–Crippen MR) is 509 cm³/mol. The van der Waals surface area contributed by atoms with Crippen LogP contribution in [-0.4, -0.2) is 296 Å². The number of aliphatic hydroxyl groups excluding tert-OH is 1. The number of ether oxygens (including phenoxy) is 5. The molecular formula is C98H134N14O22P2. The molecule has 2 saturated carbocycles. The van der Waals surface area contributed by atoms with Crippen molar-refractivity contribution in [2.75, 3.05) is 157 Å². The van der Waals surface area contributed by atoms with Gasteiger partial charge in [-0.15, -0.1) is 0 Å². The van der Waals surface area contributed by atoms with Gasteiger partial charge in [0, 0.05) is 173 Å². The Bertz CT molecular complexity index is 5850. The van der Waals surface area contributed by atoms with Crippen molar-refractivity contribution in [2.24, 2.45) is 39.2 Å². The van der Waals surface area contributed by atoms with Gasteiger partial charge in [0.1, 0.15) is 40.9 Å². The van der Waals surface area contributed by atoms with Crippen molar-refractivity contribution in [1.29, 1.82) is 0 Å². The summed E-state index contributed by atoms with van der Waals surface area (Å²) in [6, 6.07) is 21.5. The number of carbonyl (C=O) groups is 6. The Hall–Kier alpha value is -9.29. The van der Waals surface area contributed by atoms with Gasteiger partial charge in [0.15, 0.2) is 11.7 Å². The number of likely N-dealkylation sites (N-methyl/N-ethyl adjacent to an activating group) is 2. The van der Waals surface area contributed by atoms with E-state index >= 15 is 9.59 Å². The number of aromatic nitrogens is 2. The van der Waals surface area contributed by atoms with Gasteiger partial charge in [-0.2, -0.15) is 0 Å². The van der Waals surface area contributed by atoms with E-state index in [4.69, 9.17) is 58.8 Å². The van der Waals surface area contributed by atoms with Crippen molar-refractivity contribution in [1.82, 2.24) is 34.9 Å². The molecular weight excluding hydrogens is 1790 g/mol. The zero-order chi connectivity index (χ0) is 97.8. The Balaban J connectivity index is 0.000000175. The predicted octanol–water partition coefficient (Wildman–Crippen LogP) is 9.51. The first kappa shape index (κ1) is 99.7. The van der Waals surface area contributed by atoms with Crippen LogP contribution >= 0.6 is 15.2 Å². The standard InChI is InChI=1S/C49H67N6O11P.C43H55N5O7.C6H12N3O4P/c1-8-45(59)25-30-26-48(43(57)63-7,38-32(17-21-54(27-30)28-45)31-15-12-13-16-35(31)52-38)34-23-33-36(24-37(34)62-6)53(5)40-47(33)19-22-55-20-14-18-46(9-2,39(47)55)41(49(40,60)42(50)56)66-44(58)51-29-67(61,64-10-3)65-11-4;1-6-39(52)21-25-22-42(38(51)55-5,33-27(13-17-47(23-25)24-39)26-11-8-9-12-30(26)45-33)29-19-28-31(20-32(29)54-4)46(3)35-41(28)15-18-48-16-10-14-40(7-2,34(41)48)36(49)43(35,53)37(44)50;1-3-12-14(11,13-4-2)5-6(10)8-9-7/h12-16,18,23-24,30,39-41,52,59-60H,8-11,17,19-22,25-29H2,1-7H3,(H2,50,56)(H,51,58);8-12,14,19-20,25,34-36,45,49,52-53H,6-7,13,15-18,21-24H2,1-5H3,(H2,44,50);3-5H2,1-2H3/t30-,39-,40+,41+,45-,46+,47+,48-,49-;25-,34-,35+,36+,39-,40+,41+,42-,43-;/m00./s1. The van der Waals surface area contributed by atoms with Crippen LogP contribution in [-0.2, 0) is 99.9 Å². The number of hydrogen-bond acceptors (Lipinski definition) is 28. The number of amides is 4. The number of hydrogen-bond donors (Lipinski definition) is 10. The number of aliphatic hydroxyl groups is 5. The first-order chi connectivity index (χ1) is 64.9. The van der Waals surface area contributed by atoms with Crippen LogP contribution < -0.4 is 36.1 Å². The highest BCUT2D eigenvalue weighted by atomic mass is 31.2. The zero-order valence-corrected chi connectivity index (χ0v) is 82.2. The zero-order valence-electron chi connectivity index (χ0n) is 80.4. The Kier molecular flexibility index (Phi) is 27.4. The maximum absolute atomic E-state index is 15.4. The number of carbonyl (C=O) groups excluding carboxylic acids is 6. The van der Waals surface area contributed by atoms with E-state index in [-0.39, 0.29) is 50.7 Å².